The van der Waals surface area contributed by atoms with E-state index in [9.17, 15) is 20.0 Å². The fourth-order valence-electron chi connectivity index (χ4n) is 4.47. The van der Waals surface area contributed by atoms with E-state index in [0.29, 0.717) is 6.54 Å². The van der Waals surface area contributed by atoms with Gasteiger partial charge in [-0.05, 0) is 35.4 Å². The van der Waals surface area contributed by atoms with Crippen LogP contribution in [0.5, 0.6) is 0 Å². The van der Waals surface area contributed by atoms with Crippen LogP contribution in [0, 0.1) is 10.1 Å². The fraction of sp³-hybridized carbons (Fsp3) is 0.240. The molecule has 4 rings (SSSR count). The van der Waals surface area contributed by atoms with Gasteiger partial charge in [-0.25, -0.2) is 0 Å². The van der Waals surface area contributed by atoms with E-state index in [1.807, 2.05) is 24.5 Å². The summed E-state index contributed by atoms with van der Waals surface area (Å²) in [6.45, 7) is 2.58. The van der Waals surface area contributed by atoms with Gasteiger partial charge in [-0.1, -0.05) is 49.7 Å². The highest BCUT2D eigenvalue weighted by Crippen LogP contribution is 2.40. The number of aliphatic carboxylic acids is 1. The number of nitro groups is 1. The van der Waals surface area contributed by atoms with Crippen LogP contribution in [0.3, 0.4) is 0 Å². The van der Waals surface area contributed by atoms with Gasteiger partial charge in [0.05, 0.1) is 16.9 Å². The van der Waals surface area contributed by atoms with Crippen LogP contribution < -0.4 is 0 Å². The van der Waals surface area contributed by atoms with E-state index in [4.69, 9.17) is 0 Å². The first-order valence-corrected chi connectivity index (χ1v) is 11.7. The molecule has 0 aliphatic heterocycles. The van der Waals surface area contributed by atoms with E-state index >= 15 is 0 Å². The standard InChI is InChI=1S/C25H24N2O4S/c1-3-7-17-13-18(14-22(28)29)25(32-2)24-23(17)20-10-4-5-11-21(20)26(24)15-16-8-6-9-19(12-16)27(30)31/h4-6,8-13H,3,7,14-15H2,1-2H3,(H,28,29). The minimum atomic E-state index is -0.858. The summed E-state index contributed by atoms with van der Waals surface area (Å²) in [5, 5.41) is 23.1. The third-order valence-corrected chi connectivity index (χ3v) is 6.54. The van der Waals surface area contributed by atoms with Crippen molar-refractivity contribution in [3.63, 3.8) is 0 Å². The van der Waals surface area contributed by atoms with Crippen molar-refractivity contribution in [1.82, 2.24) is 4.57 Å². The summed E-state index contributed by atoms with van der Waals surface area (Å²) < 4.78 is 2.18. The lowest BCUT2D eigenvalue weighted by Gasteiger charge is -2.15. The van der Waals surface area contributed by atoms with E-state index in [2.05, 4.69) is 29.7 Å². The van der Waals surface area contributed by atoms with E-state index < -0.39 is 5.97 Å². The molecule has 0 aliphatic carbocycles. The zero-order valence-electron chi connectivity index (χ0n) is 18.0. The molecule has 1 aromatic heterocycles. The van der Waals surface area contributed by atoms with Crippen LogP contribution in [-0.4, -0.2) is 26.8 Å². The van der Waals surface area contributed by atoms with E-state index in [1.54, 1.807) is 23.9 Å². The Balaban J connectivity index is 2.06. The molecular formula is C25H24N2O4S. The van der Waals surface area contributed by atoms with Crippen molar-refractivity contribution in [2.45, 2.75) is 37.6 Å². The highest BCUT2D eigenvalue weighted by atomic mass is 32.2. The third-order valence-electron chi connectivity index (χ3n) is 5.67. The van der Waals surface area contributed by atoms with Crippen molar-refractivity contribution in [3.8, 4) is 0 Å². The summed E-state index contributed by atoms with van der Waals surface area (Å²) in [4.78, 5) is 23.5. The number of aromatic nitrogens is 1. The first kappa shape index (κ1) is 21.9. The largest absolute Gasteiger partial charge is 0.481 e. The lowest BCUT2D eigenvalue weighted by Crippen LogP contribution is -2.06. The second kappa shape index (κ2) is 9.04. The Morgan fingerprint density at radius 2 is 1.91 bits per heavy atom. The van der Waals surface area contributed by atoms with Crippen LogP contribution in [0.1, 0.15) is 30.0 Å². The SMILES string of the molecule is CCCc1cc(CC(=O)O)c(SC)c2c1c1ccccc1n2Cc1cccc([N+](=O)[O-])c1. The quantitative estimate of drug-likeness (QED) is 0.201. The summed E-state index contributed by atoms with van der Waals surface area (Å²) in [5.41, 5.74) is 4.89. The molecule has 0 unspecified atom stereocenters. The van der Waals surface area contributed by atoms with Gasteiger partial charge in [0.1, 0.15) is 0 Å². The van der Waals surface area contributed by atoms with Gasteiger partial charge in [-0.2, -0.15) is 0 Å². The Morgan fingerprint density at radius 3 is 2.59 bits per heavy atom. The highest BCUT2D eigenvalue weighted by Gasteiger charge is 2.21. The molecule has 0 bridgehead atoms. The monoisotopic (exact) mass is 448 g/mol. The molecule has 1 heterocycles. The average Bonchev–Trinajstić information content (AvgIpc) is 3.08. The molecule has 3 aromatic carbocycles. The van der Waals surface area contributed by atoms with Gasteiger partial charge in [0.2, 0.25) is 0 Å². The molecule has 0 radical (unpaired) electrons. The molecule has 0 aliphatic rings. The van der Waals surface area contributed by atoms with Crippen LogP contribution in [0.25, 0.3) is 21.8 Å². The maximum Gasteiger partial charge on any atom is 0.307 e. The number of aryl methyl sites for hydroxylation is 1. The minimum absolute atomic E-state index is 0.0405. The summed E-state index contributed by atoms with van der Waals surface area (Å²) in [5.74, 6) is -0.858. The number of carboxylic acid groups (broad SMARTS) is 1. The summed E-state index contributed by atoms with van der Waals surface area (Å²) >= 11 is 1.55. The number of fused-ring (bicyclic) bond motifs is 3. The normalized spacial score (nSPS) is 11.3. The van der Waals surface area contributed by atoms with Crippen LogP contribution in [-0.2, 0) is 24.2 Å². The van der Waals surface area contributed by atoms with Crippen LogP contribution in [0.2, 0.25) is 0 Å². The molecule has 0 saturated heterocycles. The van der Waals surface area contributed by atoms with Gasteiger partial charge in [0.25, 0.3) is 5.69 Å². The number of benzene rings is 3. The number of non-ortho nitro benzene ring substituents is 1. The molecule has 0 amide bonds. The van der Waals surface area contributed by atoms with Crippen LogP contribution >= 0.6 is 11.8 Å². The van der Waals surface area contributed by atoms with Crippen molar-refractivity contribution in [2.24, 2.45) is 0 Å². The summed E-state index contributed by atoms with van der Waals surface area (Å²) in [6.07, 6.45) is 3.73. The zero-order valence-corrected chi connectivity index (χ0v) is 18.8. The number of hydrogen-bond acceptors (Lipinski definition) is 4. The first-order chi connectivity index (χ1) is 15.4. The van der Waals surface area contributed by atoms with E-state index in [1.165, 1.54) is 6.07 Å². The number of carboxylic acids is 1. The number of rotatable bonds is 8. The maximum absolute atomic E-state index is 11.6. The number of para-hydroxylation sites is 1. The molecule has 0 fully saturated rings. The Hall–Kier alpha value is -3.32. The molecule has 1 N–H and O–H groups in total. The molecule has 164 valence electrons. The Kier molecular flexibility index (Phi) is 6.19. The van der Waals surface area contributed by atoms with E-state index in [-0.39, 0.29) is 17.0 Å². The zero-order chi connectivity index (χ0) is 22.8. The Bertz CT molecular complexity index is 1340. The molecule has 7 heteroatoms. The molecule has 0 saturated carbocycles. The van der Waals surface area contributed by atoms with Gasteiger partial charge >= 0.3 is 5.97 Å². The van der Waals surface area contributed by atoms with Crippen LogP contribution in [0.15, 0.2) is 59.5 Å². The van der Waals surface area contributed by atoms with Crippen molar-refractivity contribution >= 4 is 45.2 Å². The lowest BCUT2D eigenvalue weighted by molar-refractivity contribution is -0.384. The van der Waals surface area contributed by atoms with Crippen LogP contribution in [0.4, 0.5) is 5.69 Å². The van der Waals surface area contributed by atoms with Crippen molar-refractivity contribution in [3.05, 3.63) is 81.4 Å². The Morgan fingerprint density at radius 1 is 1.12 bits per heavy atom. The average molecular weight is 449 g/mol. The number of nitrogens with zero attached hydrogens (tertiary/aromatic N) is 2. The number of carbonyl (C=O) groups is 1. The molecule has 0 spiro atoms. The van der Waals surface area contributed by atoms with E-state index in [0.717, 1.165) is 56.2 Å². The van der Waals surface area contributed by atoms with Crippen molar-refractivity contribution in [2.75, 3.05) is 6.26 Å². The van der Waals surface area contributed by atoms with Crippen molar-refractivity contribution < 1.29 is 14.8 Å². The fourth-order valence-corrected chi connectivity index (χ4v) is 5.27. The summed E-state index contributed by atoms with van der Waals surface area (Å²) in [7, 11) is 0. The van der Waals surface area contributed by atoms with Gasteiger partial charge < -0.3 is 9.67 Å². The molecule has 4 aromatic rings. The predicted molar refractivity (Wildman–Crippen MR) is 129 cm³/mol. The first-order valence-electron chi connectivity index (χ1n) is 10.5. The second-order valence-electron chi connectivity index (χ2n) is 7.80. The minimum Gasteiger partial charge on any atom is -0.481 e. The summed E-state index contributed by atoms with van der Waals surface area (Å²) in [6, 6.07) is 16.9. The molecule has 6 nitrogen and oxygen atoms in total. The lowest BCUT2D eigenvalue weighted by atomic mass is 9.98. The van der Waals surface area contributed by atoms with Gasteiger partial charge in [-0.15, -0.1) is 11.8 Å². The van der Waals surface area contributed by atoms with Gasteiger partial charge in [0.15, 0.2) is 0 Å². The number of nitro benzene ring substituents is 1. The molecule has 0 atom stereocenters. The predicted octanol–water partition coefficient (Wildman–Crippen LogP) is 6.05. The van der Waals surface area contributed by atoms with Gasteiger partial charge in [-0.3, -0.25) is 14.9 Å². The topological polar surface area (TPSA) is 85.4 Å². The molecule has 32 heavy (non-hydrogen) atoms. The highest BCUT2D eigenvalue weighted by molar-refractivity contribution is 7.98. The Labute approximate surface area is 190 Å². The number of thioether (sulfide) groups is 1. The maximum atomic E-state index is 11.6. The van der Waals surface area contributed by atoms with Gasteiger partial charge in [0, 0.05) is 39.9 Å². The smallest absolute Gasteiger partial charge is 0.307 e. The number of hydrogen-bond donors (Lipinski definition) is 1. The second-order valence-corrected chi connectivity index (χ2v) is 8.62. The third kappa shape index (κ3) is 3.96. The van der Waals surface area contributed by atoms with Crippen molar-refractivity contribution in [1.29, 1.82) is 0 Å². The molecular weight excluding hydrogens is 424 g/mol.